The zero-order valence-electron chi connectivity index (χ0n) is 27.8. The minimum absolute atomic E-state index is 0.0177. The summed E-state index contributed by atoms with van der Waals surface area (Å²) in [5.41, 5.74) is 2.70. The lowest BCUT2D eigenvalue weighted by atomic mass is 9.69. The summed E-state index contributed by atoms with van der Waals surface area (Å²) in [6, 6.07) is 18.0. The number of alkyl halides is 3. The maximum atomic E-state index is 13.9. The number of anilines is 1. The number of hydrogen-bond donors (Lipinski definition) is 0. The quantitative estimate of drug-likeness (QED) is 0.270. The zero-order valence-corrected chi connectivity index (χ0v) is 27.8. The molecular formula is C37H45F3N4O3. The average Bonchev–Trinajstić information content (AvgIpc) is 3.49. The van der Waals surface area contributed by atoms with E-state index in [2.05, 4.69) is 17.0 Å². The molecule has 6 rings (SSSR count). The summed E-state index contributed by atoms with van der Waals surface area (Å²) < 4.78 is 53.5. The third kappa shape index (κ3) is 7.08. The maximum Gasteiger partial charge on any atom is 0.418 e. The molecule has 0 radical (unpaired) electrons. The molecule has 7 nitrogen and oxygen atoms in total. The lowest BCUT2D eigenvalue weighted by Crippen LogP contribution is -2.54. The first-order valence-electron chi connectivity index (χ1n) is 16.7. The molecule has 2 saturated heterocycles. The minimum Gasteiger partial charge on any atom is -0.493 e. The number of aromatic nitrogens is 1. The molecule has 3 aromatic rings. The van der Waals surface area contributed by atoms with E-state index in [4.69, 9.17) is 14.5 Å². The summed E-state index contributed by atoms with van der Waals surface area (Å²) in [6.07, 6.45) is -1.49. The highest BCUT2D eigenvalue weighted by Crippen LogP contribution is 2.45. The molecule has 47 heavy (non-hydrogen) atoms. The Morgan fingerprint density at radius 1 is 0.979 bits per heavy atom. The van der Waals surface area contributed by atoms with Crippen LogP contribution < -0.4 is 9.64 Å². The fourth-order valence-corrected chi connectivity index (χ4v) is 7.60. The van der Waals surface area contributed by atoms with Crippen LogP contribution in [-0.2, 0) is 22.9 Å². The number of hydrogen-bond acceptors (Lipinski definition) is 6. The monoisotopic (exact) mass is 650 g/mol. The van der Waals surface area contributed by atoms with Crippen molar-refractivity contribution in [2.45, 2.75) is 83.2 Å². The van der Waals surface area contributed by atoms with Gasteiger partial charge in [-0.1, -0.05) is 30.3 Å². The van der Waals surface area contributed by atoms with Crippen molar-refractivity contribution in [2.24, 2.45) is 0 Å². The van der Waals surface area contributed by atoms with Crippen molar-refractivity contribution in [2.75, 3.05) is 44.2 Å². The van der Waals surface area contributed by atoms with Crippen molar-refractivity contribution in [1.82, 2.24) is 14.8 Å². The number of nitrogens with zero attached hydrogens (tertiary/aromatic N) is 4. The average molecular weight is 651 g/mol. The Hall–Kier alpha value is -3.79. The Morgan fingerprint density at radius 3 is 2.43 bits per heavy atom. The Labute approximate surface area is 275 Å². The minimum atomic E-state index is -4.42. The maximum absolute atomic E-state index is 13.9. The fraction of sp³-hybridized carbons (Fsp3) is 0.514. The number of amides is 1. The van der Waals surface area contributed by atoms with Crippen LogP contribution >= 0.6 is 0 Å². The van der Waals surface area contributed by atoms with Crippen molar-refractivity contribution in [3.8, 4) is 17.0 Å². The first-order valence-corrected chi connectivity index (χ1v) is 16.7. The second kappa shape index (κ2) is 13.0. The number of piperidine rings is 1. The van der Waals surface area contributed by atoms with E-state index in [1.807, 2.05) is 61.8 Å². The molecule has 252 valence electrons. The number of carbonyl (C=O) groups is 1. The molecule has 0 saturated carbocycles. The van der Waals surface area contributed by atoms with Gasteiger partial charge in [0.2, 0.25) is 0 Å². The summed E-state index contributed by atoms with van der Waals surface area (Å²) >= 11 is 0. The molecule has 1 amide bonds. The van der Waals surface area contributed by atoms with E-state index in [9.17, 15) is 18.0 Å². The molecule has 3 aliphatic rings. The van der Waals surface area contributed by atoms with Crippen molar-refractivity contribution in [3.05, 3.63) is 77.5 Å². The molecule has 1 spiro atoms. The van der Waals surface area contributed by atoms with E-state index in [-0.39, 0.29) is 23.2 Å². The molecule has 4 heterocycles. The van der Waals surface area contributed by atoms with Crippen LogP contribution in [0.1, 0.15) is 70.2 Å². The smallest absolute Gasteiger partial charge is 0.418 e. The van der Waals surface area contributed by atoms with Gasteiger partial charge in [0.1, 0.15) is 11.4 Å². The topological polar surface area (TPSA) is 58.1 Å². The van der Waals surface area contributed by atoms with Gasteiger partial charge in [-0.3, -0.25) is 9.88 Å². The largest absolute Gasteiger partial charge is 0.493 e. The first kappa shape index (κ1) is 33.1. The van der Waals surface area contributed by atoms with Gasteiger partial charge in [-0.2, -0.15) is 13.2 Å². The van der Waals surface area contributed by atoms with Gasteiger partial charge < -0.3 is 19.3 Å². The van der Waals surface area contributed by atoms with Crippen LogP contribution in [0.25, 0.3) is 11.3 Å². The van der Waals surface area contributed by atoms with E-state index in [1.165, 1.54) is 17.7 Å². The lowest BCUT2D eigenvalue weighted by Gasteiger charge is -2.49. The van der Waals surface area contributed by atoms with Crippen molar-refractivity contribution < 1.29 is 27.4 Å². The van der Waals surface area contributed by atoms with Gasteiger partial charge in [0.25, 0.3) is 0 Å². The van der Waals surface area contributed by atoms with Crippen LogP contribution in [-0.4, -0.2) is 71.9 Å². The number of likely N-dealkylation sites (tertiary alicyclic amines) is 1. The molecule has 0 aliphatic carbocycles. The summed E-state index contributed by atoms with van der Waals surface area (Å²) in [5, 5.41) is 0. The van der Waals surface area contributed by atoms with E-state index in [1.54, 1.807) is 12.1 Å². The number of carbonyl (C=O) groups excluding carboxylic acids is 1. The number of para-hydroxylation sites is 2. The number of pyridine rings is 1. The third-order valence-electron chi connectivity index (χ3n) is 9.65. The van der Waals surface area contributed by atoms with Crippen molar-refractivity contribution in [1.29, 1.82) is 0 Å². The number of benzene rings is 2. The number of rotatable bonds is 6. The molecule has 2 aromatic carbocycles. The van der Waals surface area contributed by atoms with Crippen molar-refractivity contribution in [3.63, 3.8) is 0 Å². The van der Waals surface area contributed by atoms with Crippen LogP contribution in [0.5, 0.6) is 5.75 Å². The van der Waals surface area contributed by atoms with Gasteiger partial charge in [0.05, 0.1) is 23.6 Å². The van der Waals surface area contributed by atoms with Crippen LogP contribution in [0.2, 0.25) is 0 Å². The van der Waals surface area contributed by atoms with Crippen LogP contribution in [0, 0.1) is 0 Å². The third-order valence-corrected chi connectivity index (χ3v) is 9.65. The normalized spacial score (nSPS) is 19.9. The predicted molar refractivity (Wildman–Crippen MR) is 177 cm³/mol. The fourth-order valence-electron chi connectivity index (χ4n) is 7.60. The molecular weight excluding hydrogens is 605 g/mol. The first-order chi connectivity index (χ1) is 22.4. The molecule has 3 aliphatic heterocycles. The van der Waals surface area contributed by atoms with E-state index >= 15 is 0 Å². The summed E-state index contributed by atoms with van der Waals surface area (Å²) in [5.74, 6) is 0.778. The highest BCUT2D eigenvalue weighted by Gasteiger charge is 2.45. The van der Waals surface area contributed by atoms with Gasteiger partial charge >= 0.3 is 12.3 Å². The second-order valence-corrected chi connectivity index (χ2v) is 14.0. The standard InChI is InChI=1S/C37H45F3N4O3/c1-5-46-33-15-9-6-12-27(33)30-17-16-28-31(41-30)24-42(23-26-11-10-20-44(26)34(45)47-35(2,3)4)25-36(28)18-21-43(22-19-36)32-14-8-7-13-29(32)37(38,39)40/h6-9,12-17,26H,5,10-11,18-25H2,1-4H3/t26-/m1/s1. The number of halogens is 3. The molecule has 10 heteroatoms. The Balaban J connectivity index is 1.31. The summed E-state index contributed by atoms with van der Waals surface area (Å²) in [7, 11) is 0. The van der Waals surface area contributed by atoms with E-state index < -0.39 is 17.3 Å². The Bertz CT molecular complexity index is 1580. The second-order valence-electron chi connectivity index (χ2n) is 14.0. The van der Waals surface area contributed by atoms with E-state index in [0.717, 1.165) is 42.1 Å². The van der Waals surface area contributed by atoms with E-state index in [0.29, 0.717) is 52.2 Å². The highest BCUT2D eigenvalue weighted by molar-refractivity contribution is 5.69. The molecule has 0 unspecified atom stereocenters. The van der Waals surface area contributed by atoms with Gasteiger partial charge in [0, 0.05) is 62.0 Å². The van der Waals surface area contributed by atoms with Crippen LogP contribution in [0.15, 0.2) is 60.7 Å². The van der Waals surface area contributed by atoms with Gasteiger partial charge in [-0.05, 0) is 89.3 Å². The van der Waals surface area contributed by atoms with Gasteiger partial charge in [-0.25, -0.2) is 4.79 Å². The van der Waals surface area contributed by atoms with Gasteiger partial charge in [0.15, 0.2) is 0 Å². The predicted octanol–water partition coefficient (Wildman–Crippen LogP) is 7.92. The summed E-state index contributed by atoms with van der Waals surface area (Å²) in [6.45, 7) is 11.9. The Morgan fingerprint density at radius 2 is 1.70 bits per heavy atom. The van der Waals surface area contributed by atoms with Crippen molar-refractivity contribution >= 4 is 11.8 Å². The van der Waals surface area contributed by atoms with Crippen LogP contribution in [0.3, 0.4) is 0 Å². The number of fused-ring (bicyclic) bond motifs is 2. The molecule has 1 atom stereocenters. The number of ether oxygens (including phenoxy) is 2. The molecule has 0 N–H and O–H groups in total. The highest BCUT2D eigenvalue weighted by atomic mass is 19.4. The SMILES string of the molecule is CCOc1ccccc1-c1ccc2c(n1)CN(C[C@H]1CCCN1C(=O)OC(C)(C)C)CC21CCN(c2ccccc2C(F)(F)F)CC1. The Kier molecular flexibility index (Phi) is 9.17. The van der Waals surface area contributed by atoms with Gasteiger partial charge in [-0.15, -0.1) is 0 Å². The lowest BCUT2D eigenvalue weighted by molar-refractivity contribution is -0.137. The summed E-state index contributed by atoms with van der Waals surface area (Å²) in [4.78, 5) is 24.5. The molecule has 1 aromatic heterocycles. The molecule has 2 fully saturated rings. The zero-order chi connectivity index (χ0) is 33.4. The molecule has 0 bridgehead atoms. The van der Waals surface area contributed by atoms with Crippen LogP contribution in [0.4, 0.5) is 23.7 Å².